The molecule has 0 bridgehead atoms. The van der Waals surface area contributed by atoms with Crippen molar-refractivity contribution < 1.29 is 19.0 Å². The lowest BCUT2D eigenvalue weighted by molar-refractivity contribution is -0.129. The molecule has 0 aromatic heterocycles. The fourth-order valence-electron chi connectivity index (χ4n) is 2.35. The predicted octanol–water partition coefficient (Wildman–Crippen LogP) is 4.02. The average Bonchev–Trinajstić information content (AvgIpc) is 3.16. The molecule has 2 aliphatic heterocycles. The Morgan fingerprint density at radius 2 is 1.96 bits per heavy atom. The van der Waals surface area contributed by atoms with Crippen molar-refractivity contribution in [3.63, 3.8) is 0 Å². The van der Waals surface area contributed by atoms with Gasteiger partial charge in [0.25, 0.3) is 0 Å². The van der Waals surface area contributed by atoms with Crippen molar-refractivity contribution >= 4 is 52.1 Å². The molecule has 0 N–H and O–H groups in total. The molecule has 4 rings (SSSR count). The molecule has 2 aromatic rings. The van der Waals surface area contributed by atoms with Crippen molar-refractivity contribution in [1.82, 2.24) is 0 Å². The van der Waals surface area contributed by atoms with Crippen molar-refractivity contribution in [2.45, 2.75) is 0 Å². The minimum absolute atomic E-state index is 0.199. The minimum atomic E-state index is -0.516. The third-order valence-electron chi connectivity index (χ3n) is 3.48. The maximum atomic E-state index is 12.1. The number of esters is 1. The zero-order valence-corrected chi connectivity index (χ0v) is 15.0. The zero-order chi connectivity index (χ0) is 16.7. The van der Waals surface area contributed by atoms with Gasteiger partial charge in [-0.2, -0.15) is 0 Å². The highest BCUT2D eigenvalue weighted by atomic mass is 127. The van der Waals surface area contributed by atoms with E-state index in [1.54, 1.807) is 24.3 Å². The van der Waals surface area contributed by atoms with Gasteiger partial charge in [-0.1, -0.05) is 17.7 Å². The van der Waals surface area contributed by atoms with Crippen LogP contribution in [0.2, 0.25) is 5.02 Å². The summed E-state index contributed by atoms with van der Waals surface area (Å²) in [5.41, 5.74) is 1.56. The molecule has 0 fully saturated rings. The van der Waals surface area contributed by atoms with E-state index in [0.29, 0.717) is 22.1 Å². The number of hydrogen-bond acceptors (Lipinski definition) is 5. The highest BCUT2D eigenvalue weighted by molar-refractivity contribution is 14.1. The van der Waals surface area contributed by atoms with Crippen LogP contribution in [0.4, 0.5) is 0 Å². The number of nitrogens with zero attached hydrogens (tertiary/aromatic N) is 1. The summed E-state index contributed by atoms with van der Waals surface area (Å²) in [5, 5.41) is 0.478. The van der Waals surface area contributed by atoms with Crippen LogP contribution in [0.25, 0.3) is 6.08 Å². The van der Waals surface area contributed by atoms with E-state index in [-0.39, 0.29) is 18.4 Å². The number of halogens is 2. The normalized spacial score (nSPS) is 17.2. The lowest BCUT2D eigenvalue weighted by Crippen LogP contribution is -2.06. The van der Waals surface area contributed by atoms with E-state index in [1.165, 1.54) is 0 Å². The van der Waals surface area contributed by atoms with Crippen molar-refractivity contribution in [2.24, 2.45) is 4.99 Å². The SMILES string of the molecule is O=C1OC(c2cc(I)ccc2Cl)=N/C1=C\c1ccc2c(c1)OCO2. The first-order chi connectivity index (χ1) is 11.6. The number of ether oxygens (including phenoxy) is 3. The molecule has 2 aromatic carbocycles. The van der Waals surface area contributed by atoms with E-state index < -0.39 is 5.97 Å². The van der Waals surface area contributed by atoms with E-state index in [0.717, 1.165) is 9.13 Å². The van der Waals surface area contributed by atoms with Crippen LogP contribution in [-0.2, 0) is 9.53 Å². The Bertz CT molecular complexity index is 923. The predicted molar refractivity (Wildman–Crippen MR) is 97.3 cm³/mol. The molecule has 0 saturated carbocycles. The van der Waals surface area contributed by atoms with E-state index in [4.69, 9.17) is 25.8 Å². The number of carbonyl (C=O) groups excluding carboxylic acids is 1. The van der Waals surface area contributed by atoms with Crippen molar-refractivity contribution in [3.8, 4) is 11.5 Å². The Labute approximate surface area is 156 Å². The van der Waals surface area contributed by atoms with Gasteiger partial charge >= 0.3 is 5.97 Å². The van der Waals surface area contributed by atoms with Crippen LogP contribution in [0.15, 0.2) is 47.1 Å². The lowest BCUT2D eigenvalue weighted by atomic mass is 10.1. The van der Waals surface area contributed by atoms with Gasteiger partial charge in [-0.05, 0) is 64.6 Å². The molecule has 7 heteroatoms. The number of hydrogen-bond donors (Lipinski definition) is 0. The Morgan fingerprint density at radius 3 is 2.83 bits per heavy atom. The third kappa shape index (κ3) is 2.87. The van der Waals surface area contributed by atoms with Crippen molar-refractivity contribution in [1.29, 1.82) is 0 Å². The molecular formula is C17H9ClINO4. The van der Waals surface area contributed by atoms with Gasteiger partial charge in [-0.15, -0.1) is 0 Å². The van der Waals surface area contributed by atoms with Gasteiger partial charge in [0.2, 0.25) is 12.7 Å². The molecule has 2 aliphatic rings. The molecule has 0 saturated heterocycles. The first kappa shape index (κ1) is 15.5. The van der Waals surface area contributed by atoms with Crippen LogP contribution >= 0.6 is 34.2 Å². The fraction of sp³-hybridized carbons (Fsp3) is 0.0588. The number of aliphatic imine (C=N–C) groups is 1. The first-order valence-corrected chi connectivity index (χ1v) is 8.43. The van der Waals surface area contributed by atoms with Gasteiger partial charge in [0, 0.05) is 3.57 Å². The largest absolute Gasteiger partial charge is 0.454 e. The number of fused-ring (bicyclic) bond motifs is 1. The van der Waals surface area contributed by atoms with Gasteiger partial charge in [0.15, 0.2) is 17.2 Å². The van der Waals surface area contributed by atoms with Crippen LogP contribution in [-0.4, -0.2) is 18.7 Å². The molecule has 24 heavy (non-hydrogen) atoms. The highest BCUT2D eigenvalue weighted by Gasteiger charge is 2.26. The van der Waals surface area contributed by atoms with E-state index >= 15 is 0 Å². The number of cyclic esters (lactones) is 1. The van der Waals surface area contributed by atoms with Gasteiger partial charge in [-0.3, -0.25) is 0 Å². The summed E-state index contributed by atoms with van der Waals surface area (Å²) < 4.78 is 16.8. The summed E-state index contributed by atoms with van der Waals surface area (Å²) in [6, 6.07) is 10.8. The lowest BCUT2D eigenvalue weighted by Gasteiger charge is -2.02. The summed E-state index contributed by atoms with van der Waals surface area (Å²) in [7, 11) is 0. The van der Waals surface area contributed by atoms with Crippen molar-refractivity contribution in [3.05, 3.63) is 61.8 Å². The van der Waals surface area contributed by atoms with E-state index in [9.17, 15) is 4.79 Å². The molecule has 120 valence electrons. The number of benzene rings is 2. The minimum Gasteiger partial charge on any atom is -0.454 e. The van der Waals surface area contributed by atoms with Crippen LogP contribution in [0.5, 0.6) is 11.5 Å². The second-order valence-electron chi connectivity index (χ2n) is 5.07. The first-order valence-electron chi connectivity index (χ1n) is 6.98. The molecule has 5 nitrogen and oxygen atoms in total. The Kier molecular flexibility index (Phi) is 3.93. The molecule has 0 atom stereocenters. The summed E-state index contributed by atoms with van der Waals surface area (Å²) in [4.78, 5) is 16.4. The van der Waals surface area contributed by atoms with E-state index in [1.807, 2.05) is 18.2 Å². The third-order valence-corrected chi connectivity index (χ3v) is 4.48. The highest BCUT2D eigenvalue weighted by Crippen LogP contribution is 2.33. The zero-order valence-electron chi connectivity index (χ0n) is 12.1. The smallest absolute Gasteiger partial charge is 0.363 e. The quantitative estimate of drug-likeness (QED) is 0.392. The average molecular weight is 454 g/mol. The fourth-order valence-corrected chi connectivity index (χ4v) is 3.04. The Balaban J connectivity index is 1.70. The second-order valence-corrected chi connectivity index (χ2v) is 6.73. The summed E-state index contributed by atoms with van der Waals surface area (Å²) in [6.45, 7) is 0.199. The second kappa shape index (κ2) is 6.10. The van der Waals surface area contributed by atoms with Crippen LogP contribution in [0, 0.1) is 3.57 Å². The van der Waals surface area contributed by atoms with Gasteiger partial charge in [0.1, 0.15) is 0 Å². The van der Waals surface area contributed by atoms with Gasteiger partial charge in [-0.25, -0.2) is 9.79 Å². The number of carbonyl (C=O) groups is 1. The Morgan fingerprint density at radius 1 is 1.12 bits per heavy atom. The van der Waals surface area contributed by atoms with Crippen molar-refractivity contribution in [2.75, 3.05) is 6.79 Å². The van der Waals surface area contributed by atoms with Crippen LogP contribution < -0.4 is 9.47 Å². The monoisotopic (exact) mass is 453 g/mol. The van der Waals surface area contributed by atoms with Gasteiger partial charge in [0.05, 0.1) is 10.6 Å². The molecule has 0 unspecified atom stereocenters. The summed E-state index contributed by atoms with van der Waals surface area (Å²) in [5.74, 6) is 1.01. The van der Waals surface area contributed by atoms with E-state index in [2.05, 4.69) is 27.6 Å². The molecule has 0 amide bonds. The maximum Gasteiger partial charge on any atom is 0.363 e. The molecule has 0 radical (unpaired) electrons. The number of rotatable bonds is 2. The summed E-state index contributed by atoms with van der Waals surface area (Å²) in [6.07, 6.45) is 1.64. The van der Waals surface area contributed by atoms with Crippen LogP contribution in [0.1, 0.15) is 11.1 Å². The maximum absolute atomic E-state index is 12.1. The topological polar surface area (TPSA) is 57.1 Å². The molecule has 0 aliphatic carbocycles. The van der Waals surface area contributed by atoms with Gasteiger partial charge < -0.3 is 14.2 Å². The molecular weight excluding hydrogens is 445 g/mol. The molecule has 0 spiro atoms. The Hall–Kier alpha value is -2.06. The van der Waals surface area contributed by atoms with Crippen LogP contribution in [0.3, 0.4) is 0 Å². The standard InChI is InChI=1S/C17H9ClINO4/c18-12-3-2-10(19)7-11(12)16-20-13(17(21)24-16)5-9-1-4-14-15(6-9)23-8-22-14/h1-7H,8H2/b13-5-. The molecule has 2 heterocycles. The summed E-state index contributed by atoms with van der Waals surface area (Å²) >= 11 is 8.33.